The van der Waals surface area contributed by atoms with Gasteiger partial charge in [-0.25, -0.2) is 4.98 Å². The molecule has 4 nitrogen and oxygen atoms in total. The van der Waals surface area contributed by atoms with Gasteiger partial charge < -0.3 is 11.1 Å². The fraction of sp³-hybridized carbons (Fsp3) is 0.333. The summed E-state index contributed by atoms with van der Waals surface area (Å²) in [6.45, 7) is 1.06. The van der Waals surface area contributed by atoms with Crippen LogP contribution in [-0.4, -0.2) is 22.2 Å². The standard InChI is InChI=1S/C15H17N3OS2.ClH/c16-8-13-18-12(9-20-13)14(19)17-10-15(6-7-15)21-11-4-2-1-3-5-11;/h1-5,9H,6-8,10,16H2,(H,17,19);1H. The third-order valence-corrected chi connectivity index (χ3v) is 5.78. The third-order valence-electron chi connectivity index (χ3n) is 3.42. The maximum Gasteiger partial charge on any atom is 0.270 e. The Morgan fingerprint density at radius 1 is 1.36 bits per heavy atom. The van der Waals surface area contributed by atoms with Gasteiger partial charge in [-0.15, -0.1) is 35.5 Å². The molecule has 1 saturated carbocycles. The van der Waals surface area contributed by atoms with Crippen molar-refractivity contribution < 1.29 is 4.79 Å². The number of amides is 1. The minimum Gasteiger partial charge on any atom is -0.349 e. The summed E-state index contributed by atoms with van der Waals surface area (Å²) < 4.78 is 0.156. The van der Waals surface area contributed by atoms with Crippen LogP contribution in [0.25, 0.3) is 0 Å². The van der Waals surface area contributed by atoms with E-state index in [-0.39, 0.29) is 23.1 Å². The van der Waals surface area contributed by atoms with Gasteiger partial charge in [-0.05, 0) is 25.0 Å². The molecule has 22 heavy (non-hydrogen) atoms. The van der Waals surface area contributed by atoms with Crippen LogP contribution >= 0.6 is 35.5 Å². The van der Waals surface area contributed by atoms with E-state index in [0.717, 1.165) is 17.8 Å². The highest BCUT2D eigenvalue weighted by Gasteiger charge is 2.44. The van der Waals surface area contributed by atoms with Gasteiger partial charge in [-0.1, -0.05) is 18.2 Å². The number of benzene rings is 1. The number of nitrogens with two attached hydrogens (primary N) is 1. The van der Waals surface area contributed by atoms with Gasteiger partial charge in [0.25, 0.3) is 5.91 Å². The van der Waals surface area contributed by atoms with Crippen molar-refractivity contribution in [3.8, 4) is 0 Å². The molecule has 1 heterocycles. The predicted octanol–water partition coefficient (Wildman–Crippen LogP) is 3.08. The van der Waals surface area contributed by atoms with Gasteiger partial charge in [0.1, 0.15) is 10.7 Å². The quantitative estimate of drug-likeness (QED) is 0.835. The Bertz CT molecular complexity index is 629. The van der Waals surface area contributed by atoms with E-state index in [0.29, 0.717) is 18.8 Å². The topological polar surface area (TPSA) is 68.0 Å². The first-order valence-electron chi connectivity index (χ1n) is 6.87. The SMILES string of the molecule is Cl.NCc1nc(C(=O)NCC2(Sc3ccccc3)CC2)cs1. The lowest BCUT2D eigenvalue weighted by Crippen LogP contribution is -2.32. The van der Waals surface area contributed by atoms with Crippen LogP contribution in [-0.2, 0) is 6.54 Å². The molecule has 0 spiro atoms. The fourth-order valence-corrected chi connectivity index (χ4v) is 3.93. The summed E-state index contributed by atoms with van der Waals surface area (Å²) in [5.74, 6) is -0.106. The second-order valence-electron chi connectivity index (χ2n) is 5.11. The molecule has 3 N–H and O–H groups in total. The normalized spacial score (nSPS) is 15.0. The fourth-order valence-electron chi connectivity index (χ4n) is 2.03. The highest BCUT2D eigenvalue weighted by molar-refractivity contribution is 8.01. The van der Waals surface area contributed by atoms with Crippen molar-refractivity contribution in [2.45, 2.75) is 29.0 Å². The first kappa shape index (κ1) is 17.3. The van der Waals surface area contributed by atoms with Gasteiger partial charge in [0.05, 0.1) is 0 Å². The van der Waals surface area contributed by atoms with Gasteiger partial charge >= 0.3 is 0 Å². The molecule has 1 aliphatic carbocycles. The average molecular weight is 356 g/mol. The van der Waals surface area contributed by atoms with Crippen molar-refractivity contribution in [2.75, 3.05) is 6.54 Å². The predicted molar refractivity (Wildman–Crippen MR) is 93.9 cm³/mol. The summed E-state index contributed by atoms with van der Waals surface area (Å²) in [6, 6.07) is 10.3. The molecule has 118 valence electrons. The Balaban J connectivity index is 0.00000176. The summed E-state index contributed by atoms with van der Waals surface area (Å²) in [6.07, 6.45) is 2.27. The van der Waals surface area contributed by atoms with E-state index in [4.69, 9.17) is 5.73 Å². The monoisotopic (exact) mass is 355 g/mol. The smallest absolute Gasteiger partial charge is 0.270 e. The van der Waals surface area contributed by atoms with Crippen LogP contribution in [0, 0.1) is 0 Å². The molecular formula is C15H18ClN3OS2. The zero-order chi connectivity index (χ0) is 14.7. The van der Waals surface area contributed by atoms with E-state index in [1.54, 1.807) is 5.38 Å². The summed E-state index contributed by atoms with van der Waals surface area (Å²) in [7, 11) is 0. The first-order chi connectivity index (χ1) is 10.2. The number of thiazole rings is 1. The molecule has 1 fully saturated rings. The number of carbonyl (C=O) groups is 1. The molecule has 1 aliphatic rings. The Morgan fingerprint density at radius 3 is 2.68 bits per heavy atom. The summed E-state index contributed by atoms with van der Waals surface area (Å²) in [5, 5.41) is 5.56. The third kappa shape index (κ3) is 4.23. The molecule has 1 aromatic carbocycles. The van der Waals surface area contributed by atoms with Crippen LogP contribution in [0.2, 0.25) is 0 Å². The van der Waals surface area contributed by atoms with Crippen molar-refractivity contribution in [3.05, 3.63) is 46.4 Å². The number of carbonyl (C=O) groups excluding carboxylic acids is 1. The van der Waals surface area contributed by atoms with E-state index in [1.807, 2.05) is 30.0 Å². The van der Waals surface area contributed by atoms with Crippen LogP contribution in [0.15, 0.2) is 40.6 Å². The lowest BCUT2D eigenvalue weighted by Gasteiger charge is -2.15. The number of nitrogens with zero attached hydrogens (tertiary/aromatic N) is 1. The molecular weight excluding hydrogens is 338 g/mol. The Kier molecular flexibility index (Phi) is 5.86. The molecule has 7 heteroatoms. The van der Waals surface area contributed by atoms with Gasteiger partial charge in [0, 0.05) is 28.1 Å². The second-order valence-corrected chi connectivity index (χ2v) is 7.60. The molecule has 0 aliphatic heterocycles. The number of halogens is 1. The molecule has 0 bridgehead atoms. The number of hydrogen-bond donors (Lipinski definition) is 2. The highest BCUT2D eigenvalue weighted by atomic mass is 35.5. The van der Waals surface area contributed by atoms with Crippen LogP contribution in [0.5, 0.6) is 0 Å². The average Bonchev–Trinajstić information content (AvgIpc) is 3.10. The van der Waals surface area contributed by atoms with Crippen molar-refractivity contribution in [1.82, 2.24) is 10.3 Å². The largest absolute Gasteiger partial charge is 0.349 e. The van der Waals surface area contributed by atoms with E-state index in [1.165, 1.54) is 16.2 Å². The maximum absolute atomic E-state index is 12.1. The molecule has 3 rings (SSSR count). The zero-order valence-corrected chi connectivity index (χ0v) is 14.4. The molecule has 1 amide bonds. The lowest BCUT2D eigenvalue weighted by atomic mass is 10.3. The van der Waals surface area contributed by atoms with Gasteiger partial charge in [-0.3, -0.25) is 4.79 Å². The molecule has 0 radical (unpaired) electrons. The van der Waals surface area contributed by atoms with E-state index in [2.05, 4.69) is 22.4 Å². The van der Waals surface area contributed by atoms with Crippen LogP contribution in [0.4, 0.5) is 0 Å². The van der Waals surface area contributed by atoms with Gasteiger partial charge in [0.15, 0.2) is 0 Å². The van der Waals surface area contributed by atoms with Crippen molar-refractivity contribution in [3.63, 3.8) is 0 Å². The zero-order valence-electron chi connectivity index (χ0n) is 12.0. The Morgan fingerprint density at radius 2 is 2.09 bits per heavy atom. The summed E-state index contributed by atoms with van der Waals surface area (Å²) in [4.78, 5) is 17.5. The molecule has 0 saturated heterocycles. The van der Waals surface area contributed by atoms with Crippen molar-refractivity contribution in [1.29, 1.82) is 0 Å². The second kappa shape index (κ2) is 7.46. The Labute approximate surface area is 144 Å². The van der Waals surface area contributed by atoms with E-state index < -0.39 is 0 Å². The van der Waals surface area contributed by atoms with E-state index in [9.17, 15) is 4.79 Å². The highest BCUT2D eigenvalue weighted by Crippen LogP contribution is 2.51. The summed E-state index contributed by atoms with van der Waals surface area (Å²) >= 11 is 3.28. The minimum atomic E-state index is -0.106. The van der Waals surface area contributed by atoms with Crippen LogP contribution < -0.4 is 11.1 Å². The van der Waals surface area contributed by atoms with Gasteiger partial charge in [0.2, 0.25) is 0 Å². The van der Waals surface area contributed by atoms with Crippen molar-refractivity contribution >= 4 is 41.4 Å². The molecule has 2 aromatic rings. The van der Waals surface area contributed by atoms with Gasteiger partial charge in [-0.2, -0.15) is 0 Å². The van der Waals surface area contributed by atoms with Crippen LogP contribution in [0.3, 0.4) is 0 Å². The van der Waals surface area contributed by atoms with Crippen molar-refractivity contribution in [2.24, 2.45) is 5.73 Å². The molecule has 0 atom stereocenters. The number of nitrogens with one attached hydrogen (secondary N) is 1. The maximum atomic E-state index is 12.1. The number of rotatable bonds is 6. The molecule has 0 unspecified atom stereocenters. The Hall–Kier alpha value is -1.08. The number of hydrogen-bond acceptors (Lipinski definition) is 5. The first-order valence-corrected chi connectivity index (χ1v) is 8.57. The lowest BCUT2D eigenvalue weighted by molar-refractivity contribution is 0.0948. The number of aromatic nitrogens is 1. The van der Waals surface area contributed by atoms with E-state index >= 15 is 0 Å². The summed E-state index contributed by atoms with van der Waals surface area (Å²) in [5.41, 5.74) is 5.99. The molecule has 1 aromatic heterocycles. The van der Waals surface area contributed by atoms with Crippen LogP contribution in [0.1, 0.15) is 28.3 Å². The number of thioether (sulfide) groups is 1. The minimum absolute atomic E-state index is 0.